The summed E-state index contributed by atoms with van der Waals surface area (Å²) in [6, 6.07) is 9.67. The molecule has 0 unspecified atom stereocenters. The molecule has 4 N–H and O–H groups in total. The first kappa shape index (κ1) is 24.2. The molecule has 0 atom stereocenters. The van der Waals surface area contributed by atoms with Gasteiger partial charge in [-0.15, -0.1) is 0 Å². The van der Waals surface area contributed by atoms with Crippen molar-refractivity contribution in [3.63, 3.8) is 0 Å². The summed E-state index contributed by atoms with van der Waals surface area (Å²) in [7, 11) is -3.63. The zero-order valence-electron chi connectivity index (χ0n) is 17.4. The van der Waals surface area contributed by atoms with Gasteiger partial charge in [0.05, 0.1) is 12.4 Å². The van der Waals surface area contributed by atoms with Crippen molar-refractivity contribution in [2.75, 3.05) is 21.1 Å². The summed E-state index contributed by atoms with van der Waals surface area (Å²) >= 11 is 0. The van der Waals surface area contributed by atoms with Crippen LogP contribution in [0.2, 0.25) is 0 Å². The highest BCUT2D eigenvalue weighted by Gasteiger charge is 2.35. The molecule has 0 amide bonds. The van der Waals surface area contributed by atoms with Crippen molar-refractivity contribution in [2.45, 2.75) is 26.3 Å². The van der Waals surface area contributed by atoms with Crippen LogP contribution >= 0.6 is 0 Å². The van der Waals surface area contributed by atoms with E-state index in [1.165, 1.54) is 25.3 Å². The van der Waals surface area contributed by atoms with Gasteiger partial charge in [-0.25, -0.2) is 18.4 Å². The van der Waals surface area contributed by atoms with Crippen LogP contribution < -0.4 is 15.4 Å². The molecule has 0 aliphatic heterocycles. The number of nitrogens with one attached hydrogen (secondary N) is 3. The number of anilines is 4. The summed E-state index contributed by atoms with van der Waals surface area (Å²) in [5.74, 6) is -0.772. The lowest BCUT2D eigenvalue weighted by Gasteiger charge is -2.16. The van der Waals surface area contributed by atoms with Crippen LogP contribution in [0.15, 0.2) is 48.8 Å². The highest BCUT2D eigenvalue weighted by Crippen LogP contribution is 2.34. The molecule has 0 spiro atoms. The van der Waals surface area contributed by atoms with E-state index in [4.69, 9.17) is 0 Å². The first-order chi connectivity index (χ1) is 15.6. The van der Waals surface area contributed by atoms with Crippen LogP contribution in [0.1, 0.15) is 23.6 Å². The average molecular weight is 482 g/mol. The van der Waals surface area contributed by atoms with Crippen molar-refractivity contribution in [1.29, 1.82) is 0 Å². The Hall–Kier alpha value is -3.45. The van der Waals surface area contributed by atoms with Gasteiger partial charge in [0, 0.05) is 30.2 Å². The van der Waals surface area contributed by atoms with Crippen LogP contribution in [0.4, 0.5) is 36.4 Å². The van der Waals surface area contributed by atoms with E-state index in [9.17, 15) is 26.7 Å². The Kier molecular flexibility index (Phi) is 7.33. The van der Waals surface area contributed by atoms with Gasteiger partial charge in [-0.3, -0.25) is 4.72 Å². The summed E-state index contributed by atoms with van der Waals surface area (Å²) in [4.78, 5) is 11.7. The fourth-order valence-electron chi connectivity index (χ4n) is 2.73. The molecule has 0 aliphatic carbocycles. The summed E-state index contributed by atoms with van der Waals surface area (Å²) in [5, 5.41) is 14.6. The third-order valence-corrected chi connectivity index (χ3v) is 5.69. The van der Waals surface area contributed by atoms with Crippen molar-refractivity contribution < 1.29 is 26.7 Å². The number of nitrogens with zero attached hydrogens (tertiary/aromatic N) is 3. The van der Waals surface area contributed by atoms with Gasteiger partial charge >= 0.3 is 6.18 Å². The lowest BCUT2D eigenvalue weighted by Crippen LogP contribution is -2.18. The van der Waals surface area contributed by atoms with Crippen molar-refractivity contribution in [3.8, 4) is 0 Å². The second-order valence-corrected chi connectivity index (χ2v) is 8.82. The number of hydrogen-bond donors (Lipinski definition) is 4. The summed E-state index contributed by atoms with van der Waals surface area (Å²) < 4.78 is 66.6. The number of aliphatic hydroxyl groups is 1. The first-order valence-electron chi connectivity index (χ1n) is 9.70. The van der Waals surface area contributed by atoms with E-state index in [0.29, 0.717) is 23.0 Å². The molecule has 0 radical (unpaired) electrons. The number of pyridine rings is 1. The van der Waals surface area contributed by atoms with Crippen molar-refractivity contribution in [3.05, 3.63) is 65.5 Å². The summed E-state index contributed by atoms with van der Waals surface area (Å²) in [5.41, 5.74) is 0.322. The summed E-state index contributed by atoms with van der Waals surface area (Å²) in [6.07, 6.45) is -2.71. The Balaban J connectivity index is 1.88. The van der Waals surface area contributed by atoms with E-state index in [2.05, 4.69) is 30.3 Å². The zero-order valence-corrected chi connectivity index (χ0v) is 18.2. The Bertz CT molecular complexity index is 1220. The predicted molar refractivity (Wildman–Crippen MR) is 117 cm³/mol. The molecule has 33 heavy (non-hydrogen) atoms. The van der Waals surface area contributed by atoms with Crippen LogP contribution in [0, 0.1) is 0 Å². The minimum atomic E-state index is -4.72. The second-order valence-electron chi connectivity index (χ2n) is 6.81. The molecule has 0 saturated carbocycles. The van der Waals surface area contributed by atoms with Gasteiger partial charge in [0.25, 0.3) is 0 Å². The number of hydrogen-bond acceptors (Lipinski definition) is 8. The van der Waals surface area contributed by atoms with E-state index < -0.39 is 27.6 Å². The molecule has 0 bridgehead atoms. The van der Waals surface area contributed by atoms with E-state index in [-0.39, 0.29) is 30.7 Å². The van der Waals surface area contributed by atoms with Gasteiger partial charge in [0.2, 0.25) is 16.0 Å². The molecule has 1 aromatic carbocycles. The molecule has 3 aromatic rings. The molecule has 2 heterocycles. The van der Waals surface area contributed by atoms with Gasteiger partial charge in [0.1, 0.15) is 17.2 Å². The van der Waals surface area contributed by atoms with Crippen LogP contribution in [0.3, 0.4) is 0 Å². The van der Waals surface area contributed by atoms with Crippen molar-refractivity contribution in [1.82, 2.24) is 15.0 Å². The van der Waals surface area contributed by atoms with E-state index in [1.54, 1.807) is 24.3 Å². The maximum Gasteiger partial charge on any atom is 0.421 e. The molecular weight excluding hydrogens is 461 g/mol. The fourth-order valence-corrected chi connectivity index (χ4v) is 3.36. The van der Waals surface area contributed by atoms with Crippen molar-refractivity contribution in [2.24, 2.45) is 0 Å². The average Bonchev–Trinajstić information content (AvgIpc) is 2.78. The molecule has 13 heteroatoms. The highest BCUT2D eigenvalue weighted by atomic mass is 32.2. The largest absolute Gasteiger partial charge is 0.421 e. The summed E-state index contributed by atoms with van der Waals surface area (Å²) in [6.45, 7) is 1.06. The molecule has 0 aliphatic rings. The highest BCUT2D eigenvalue weighted by molar-refractivity contribution is 7.92. The van der Waals surface area contributed by atoms with E-state index in [1.807, 2.05) is 0 Å². The SMILES string of the molecule is CCS(=O)(=O)Nc1ncccc1CNc1nc(Nc2cccc(CO)c2)ncc1C(F)(F)F. The quantitative estimate of drug-likeness (QED) is 0.365. The van der Waals surface area contributed by atoms with Gasteiger partial charge in [0.15, 0.2) is 0 Å². The van der Waals surface area contributed by atoms with Crippen LogP contribution in [0.5, 0.6) is 0 Å². The molecule has 2 aromatic heterocycles. The lowest BCUT2D eigenvalue weighted by molar-refractivity contribution is -0.137. The zero-order chi connectivity index (χ0) is 24.1. The molecular formula is C20H21F3N6O3S. The van der Waals surface area contributed by atoms with Gasteiger partial charge in [-0.1, -0.05) is 18.2 Å². The fraction of sp³-hybridized carbons (Fsp3) is 0.250. The minimum absolute atomic E-state index is 0.00799. The normalized spacial score (nSPS) is 11.8. The third kappa shape index (κ3) is 6.52. The standard InChI is InChI=1S/C20H21F3N6O3S/c1-2-33(31,32)29-17-14(6-4-8-24-17)10-25-18-16(20(21,22)23)11-26-19(28-18)27-15-7-3-5-13(9-15)12-30/h3-9,11,30H,2,10,12H2,1H3,(H,24,29)(H2,25,26,27,28). The van der Waals surface area contributed by atoms with Gasteiger partial charge in [-0.2, -0.15) is 18.2 Å². The van der Waals surface area contributed by atoms with Gasteiger partial charge < -0.3 is 15.7 Å². The molecule has 176 valence electrons. The van der Waals surface area contributed by atoms with Crippen LogP contribution in [-0.4, -0.2) is 34.2 Å². The number of sulfonamides is 1. The Morgan fingerprint density at radius 3 is 2.58 bits per heavy atom. The number of alkyl halides is 3. The lowest BCUT2D eigenvalue weighted by atomic mass is 10.2. The molecule has 0 saturated heterocycles. The Morgan fingerprint density at radius 2 is 1.88 bits per heavy atom. The van der Waals surface area contributed by atoms with E-state index in [0.717, 1.165) is 0 Å². The first-order valence-corrected chi connectivity index (χ1v) is 11.4. The second kappa shape index (κ2) is 10.0. The minimum Gasteiger partial charge on any atom is -0.392 e. The number of halogens is 3. The molecule has 3 rings (SSSR count). The topological polar surface area (TPSA) is 129 Å². The van der Waals surface area contributed by atoms with Crippen LogP contribution in [0.25, 0.3) is 0 Å². The predicted octanol–water partition coefficient (Wildman–Crippen LogP) is 3.50. The maximum atomic E-state index is 13.5. The molecule has 9 nitrogen and oxygen atoms in total. The Morgan fingerprint density at radius 1 is 1.09 bits per heavy atom. The van der Waals surface area contributed by atoms with E-state index >= 15 is 0 Å². The third-order valence-electron chi connectivity index (χ3n) is 4.43. The maximum absolute atomic E-state index is 13.5. The number of aromatic nitrogens is 3. The van der Waals surface area contributed by atoms with Crippen LogP contribution in [-0.2, 0) is 29.4 Å². The smallest absolute Gasteiger partial charge is 0.392 e. The molecule has 0 fully saturated rings. The van der Waals surface area contributed by atoms with Gasteiger partial charge in [-0.05, 0) is 30.7 Å². The monoisotopic (exact) mass is 482 g/mol. The van der Waals surface area contributed by atoms with Crippen molar-refractivity contribution >= 4 is 33.3 Å². The Labute approximate surface area is 188 Å². The number of benzene rings is 1. The number of rotatable bonds is 9. The number of aliphatic hydroxyl groups excluding tert-OH is 1.